The molecule has 0 saturated heterocycles. The van der Waals surface area contributed by atoms with Crippen LogP contribution in [0.25, 0.3) is 11.3 Å². The molecular weight excluding hydrogens is 499 g/mol. The zero-order valence-corrected chi connectivity index (χ0v) is 21.9. The highest BCUT2D eigenvalue weighted by Gasteiger charge is 2.27. The number of anilines is 2. The Bertz CT molecular complexity index is 1550. The van der Waals surface area contributed by atoms with Gasteiger partial charge in [-0.1, -0.05) is 36.4 Å². The predicted octanol–water partition coefficient (Wildman–Crippen LogP) is 5.46. The maximum atomic E-state index is 13.6. The van der Waals surface area contributed by atoms with E-state index < -0.39 is 5.82 Å². The third-order valence-corrected chi connectivity index (χ3v) is 8.07. The summed E-state index contributed by atoms with van der Waals surface area (Å²) in [5, 5.41) is 3.57. The molecule has 8 heteroatoms. The molecule has 38 heavy (non-hydrogen) atoms. The molecule has 0 bridgehead atoms. The lowest BCUT2D eigenvalue weighted by Crippen LogP contribution is -2.37. The Hall–Kier alpha value is -3.88. The number of hydrogen-bond donors (Lipinski definition) is 1. The summed E-state index contributed by atoms with van der Waals surface area (Å²) in [6.07, 6.45) is 1.67. The van der Waals surface area contributed by atoms with Crippen LogP contribution in [0.4, 0.5) is 15.2 Å². The minimum absolute atomic E-state index is 0.0647. The molecule has 3 aromatic carbocycles. The van der Waals surface area contributed by atoms with E-state index in [0.29, 0.717) is 23.8 Å². The summed E-state index contributed by atoms with van der Waals surface area (Å²) in [7, 11) is 0. The molecule has 192 valence electrons. The van der Waals surface area contributed by atoms with E-state index in [-0.39, 0.29) is 11.8 Å². The average molecular weight is 527 g/mol. The predicted molar refractivity (Wildman–Crippen MR) is 148 cm³/mol. The topological polar surface area (TPSA) is 65.5 Å². The van der Waals surface area contributed by atoms with Crippen molar-refractivity contribution >= 4 is 34.0 Å². The number of fused-ring (bicyclic) bond motifs is 2. The molecule has 2 amide bonds. The molecule has 2 aliphatic rings. The minimum atomic E-state index is -0.422. The van der Waals surface area contributed by atoms with E-state index in [2.05, 4.69) is 34.5 Å². The Morgan fingerprint density at radius 2 is 1.79 bits per heavy atom. The van der Waals surface area contributed by atoms with E-state index in [0.717, 1.165) is 53.3 Å². The van der Waals surface area contributed by atoms with Crippen LogP contribution < -0.4 is 10.2 Å². The Morgan fingerprint density at radius 3 is 2.63 bits per heavy atom. The molecule has 0 spiro atoms. The van der Waals surface area contributed by atoms with Crippen molar-refractivity contribution in [2.75, 3.05) is 29.9 Å². The number of aromatic nitrogens is 1. The highest BCUT2D eigenvalue weighted by molar-refractivity contribution is 7.16. The molecule has 1 N–H and O–H groups in total. The smallest absolute Gasteiger partial charge is 0.258 e. The van der Waals surface area contributed by atoms with Crippen molar-refractivity contribution in [2.24, 2.45) is 0 Å². The number of rotatable bonds is 5. The number of nitrogens with zero attached hydrogens (tertiary/aromatic N) is 3. The lowest BCUT2D eigenvalue weighted by atomic mass is 10.00. The van der Waals surface area contributed by atoms with Gasteiger partial charge in [-0.3, -0.25) is 14.5 Å². The zero-order chi connectivity index (χ0) is 26.2. The number of hydrogen-bond acceptors (Lipinski definition) is 5. The van der Waals surface area contributed by atoms with Crippen LogP contribution in [0.3, 0.4) is 0 Å². The molecular formula is C30H27FN4O2S. The summed E-state index contributed by atoms with van der Waals surface area (Å²) < 4.78 is 13.6. The van der Waals surface area contributed by atoms with Gasteiger partial charge in [-0.2, -0.15) is 0 Å². The van der Waals surface area contributed by atoms with E-state index in [9.17, 15) is 14.0 Å². The van der Waals surface area contributed by atoms with E-state index in [1.165, 1.54) is 34.6 Å². The number of aryl methyl sites for hydroxylation is 1. The van der Waals surface area contributed by atoms with Gasteiger partial charge in [0.05, 0.1) is 12.2 Å². The summed E-state index contributed by atoms with van der Waals surface area (Å²) in [4.78, 5) is 35.4. The van der Waals surface area contributed by atoms with Gasteiger partial charge >= 0.3 is 0 Å². The van der Waals surface area contributed by atoms with Crippen molar-refractivity contribution < 1.29 is 14.0 Å². The second-order valence-corrected chi connectivity index (χ2v) is 11.0. The van der Waals surface area contributed by atoms with Crippen LogP contribution in [0.5, 0.6) is 0 Å². The van der Waals surface area contributed by atoms with Crippen LogP contribution >= 0.6 is 11.3 Å². The molecule has 2 aliphatic heterocycles. The van der Waals surface area contributed by atoms with Gasteiger partial charge in [0, 0.05) is 41.3 Å². The number of carbonyl (C=O) groups excluding carboxylic acids is 2. The van der Waals surface area contributed by atoms with Crippen LogP contribution in [0.2, 0.25) is 0 Å². The number of halogens is 1. The van der Waals surface area contributed by atoms with Gasteiger partial charge in [0.2, 0.25) is 5.91 Å². The van der Waals surface area contributed by atoms with Crippen molar-refractivity contribution in [3.63, 3.8) is 0 Å². The molecule has 0 atom stereocenters. The van der Waals surface area contributed by atoms with Crippen molar-refractivity contribution in [3.05, 3.63) is 99.7 Å². The van der Waals surface area contributed by atoms with E-state index in [1.807, 2.05) is 25.1 Å². The van der Waals surface area contributed by atoms with Gasteiger partial charge in [0.1, 0.15) is 5.82 Å². The molecule has 0 radical (unpaired) electrons. The number of nitrogens with one attached hydrogen (secondary N) is 1. The maximum Gasteiger partial charge on any atom is 0.258 e. The normalized spacial score (nSPS) is 14.7. The first-order valence-corrected chi connectivity index (χ1v) is 13.5. The van der Waals surface area contributed by atoms with Crippen LogP contribution in [0.15, 0.2) is 66.7 Å². The summed E-state index contributed by atoms with van der Waals surface area (Å²) in [5.41, 5.74) is 6.65. The molecule has 0 saturated carbocycles. The maximum absolute atomic E-state index is 13.6. The first-order chi connectivity index (χ1) is 18.4. The standard InChI is InChI=1S/C30H27FN4O2S/c1-19-28(33-30(38-19)32-27(36)18-34-13-11-20-5-2-3-6-24(20)17-34)22-9-10-26-21(15-22)12-14-35(26)29(37)23-7-4-8-25(31)16-23/h2-10,15-16H,11-14,17-18H2,1H3,(H,32,33,36). The zero-order valence-electron chi connectivity index (χ0n) is 21.0. The van der Waals surface area contributed by atoms with Gasteiger partial charge in [0.25, 0.3) is 5.91 Å². The van der Waals surface area contributed by atoms with Gasteiger partial charge in [-0.05, 0) is 66.8 Å². The van der Waals surface area contributed by atoms with E-state index in [4.69, 9.17) is 4.98 Å². The van der Waals surface area contributed by atoms with Crippen LogP contribution in [-0.2, 0) is 24.2 Å². The Balaban J connectivity index is 1.14. The van der Waals surface area contributed by atoms with Crippen molar-refractivity contribution in [1.82, 2.24) is 9.88 Å². The first kappa shape index (κ1) is 24.5. The van der Waals surface area contributed by atoms with Gasteiger partial charge in [-0.25, -0.2) is 9.37 Å². The van der Waals surface area contributed by atoms with Crippen molar-refractivity contribution in [3.8, 4) is 11.3 Å². The fourth-order valence-corrected chi connectivity index (χ4v) is 6.16. The first-order valence-electron chi connectivity index (χ1n) is 12.7. The van der Waals surface area contributed by atoms with Crippen LogP contribution in [-0.4, -0.2) is 41.3 Å². The summed E-state index contributed by atoms with van der Waals surface area (Å²) >= 11 is 1.46. The lowest BCUT2D eigenvalue weighted by Gasteiger charge is -2.27. The largest absolute Gasteiger partial charge is 0.308 e. The third kappa shape index (κ3) is 4.85. The van der Waals surface area contributed by atoms with E-state index in [1.54, 1.807) is 17.0 Å². The van der Waals surface area contributed by atoms with E-state index >= 15 is 0 Å². The Morgan fingerprint density at radius 1 is 0.974 bits per heavy atom. The molecule has 4 aromatic rings. The second kappa shape index (κ2) is 10.1. The highest BCUT2D eigenvalue weighted by Crippen LogP contribution is 2.36. The molecule has 1 aromatic heterocycles. The highest BCUT2D eigenvalue weighted by atomic mass is 32.1. The van der Waals surface area contributed by atoms with Crippen molar-refractivity contribution in [2.45, 2.75) is 26.3 Å². The molecule has 0 aliphatic carbocycles. The van der Waals surface area contributed by atoms with Gasteiger partial charge in [0.15, 0.2) is 5.13 Å². The third-order valence-electron chi connectivity index (χ3n) is 7.19. The van der Waals surface area contributed by atoms with Crippen LogP contribution in [0, 0.1) is 12.7 Å². The van der Waals surface area contributed by atoms with Crippen molar-refractivity contribution in [1.29, 1.82) is 0 Å². The molecule has 6 rings (SSSR count). The fraction of sp³-hybridized carbons (Fsp3) is 0.233. The fourth-order valence-electron chi connectivity index (χ4n) is 5.31. The number of benzene rings is 3. The molecule has 0 fully saturated rings. The minimum Gasteiger partial charge on any atom is -0.308 e. The summed E-state index contributed by atoms with van der Waals surface area (Å²) in [6, 6.07) is 20.1. The SMILES string of the molecule is Cc1sc(NC(=O)CN2CCc3ccccc3C2)nc1-c1ccc2c(c1)CCN2C(=O)c1cccc(F)c1. The Kier molecular flexibility index (Phi) is 6.51. The molecule has 0 unspecified atom stereocenters. The summed E-state index contributed by atoms with van der Waals surface area (Å²) in [6.45, 7) is 4.51. The van der Waals surface area contributed by atoms with Crippen LogP contribution in [0.1, 0.15) is 31.9 Å². The quantitative estimate of drug-likeness (QED) is 0.375. The number of amides is 2. The number of carbonyl (C=O) groups is 2. The average Bonchev–Trinajstić information content (AvgIpc) is 3.50. The van der Waals surface area contributed by atoms with Gasteiger partial charge in [-0.15, -0.1) is 11.3 Å². The second-order valence-electron chi connectivity index (χ2n) is 9.76. The Labute approximate surface area is 224 Å². The molecule has 3 heterocycles. The lowest BCUT2D eigenvalue weighted by molar-refractivity contribution is -0.117. The molecule has 6 nitrogen and oxygen atoms in total. The van der Waals surface area contributed by atoms with Gasteiger partial charge < -0.3 is 10.2 Å². The summed E-state index contributed by atoms with van der Waals surface area (Å²) in [5.74, 6) is -0.693. The number of thiazole rings is 1. The monoisotopic (exact) mass is 526 g/mol.